The van der Waals surface area contributed by atoms with Crippen molar-refractivity contribution in [3.8, 4) is 5.75 Å². The van der Waals surface area contributed by atoms with Gasteiger partial charge in [0.15, 0.2) is 0 Å². The molecule has 0 fully saturated rings. The minimum absolute atomic E-state index is 0.247. The van der Waals surface area contributed by atoms with Crippen molar-refractivity contribution in [2.24, 2.45) is 0 Å². The molecule has 0 spiro atoms. The molecular weight excluding hydrogens is 303 g/mol. The van der Waals surface area contributed by atoms with Crippen LogP contribution in [0.25, 0.3) is 0 Å². The van der Waals surface area contributed by atoms with Gasteiger partial charge in [0.25, 0.3) is 0 Å². The molecule has 0 saturated heterocycles. The number of alkyl halides is 3. The molecule has 0 heterocycles. The number of methoxy groups -OCH3 is 1. The van der Waals surface area contributed by atoms with Crippen molar-refractivity contribution in [3.63, 3.8) is 0 Å². The summed E-state index contributed by atoms with van der Waals surface area (Å²) >= 11 is 5.91. The molecule has 0 saturated carbocycles. The number of anilines is 1. The van der Waals surface area contributed by atoms with Crippen LogP contribution in [0.3, 0.4) is 0 Å². The van der Waals surface area contributed by atoms with E-state index in [1.165, 1.54) is 6.07 Å². The Morgan fingerprint density at radius 1 is 1.10 bits per heavy atom. The molecule has 0 amide bonds. The van der Waals surface area contributed by atoms with Crippen LogP contribution >= 0.6 is 11.6 Å². The standard InChI is InChI=1S/C15H13ClF3NO/c1-21-12-5-2-10(3-6-12)9-20-14-8-11(15(17,18)19)4-7-13(14)16/h2-8,20H,9H2,1H3. The van der Waals surface area contributed by atoms with E-state index in [0.29, 0.717) is 6.54 Å². The maximum absolute atomic E-state index is 12.7. The molecule has 6 heteroatoms. The molecule has 2 rings (SSSR count). The Bertz CT molecular complexity index is 611. The van der Waals surface area contributed by atoms with Gasteiger partial charge >= 0.3 is 6.18 Å². The zero-order valence-electron chi connectivity index (χ0n) is 11.2. The predicted octanol–water partition coefficient (Wildman–Crippen LogP) is 4.98. The van der Waals surface area contributed by atoms with Crippen LogP contribution in [0.4, 0.5) is 18.9 Å². The highest BCUT2D eigenvalue weighted by atomic mass is 35.5. The molecule has 0 unspecified atom stereocenters. The van der Waals surface area contributed by atoms with Crippen LogP contribution in [0.15, 0.2) is 42.5 Å². The number of benzene rings is 2. The number of nitrogens with one attached hydrogen (secondary N) is 1. The number of hydrogen-bond acceptors (Lipinski definition) is 2. The minimum Gasteiger partial charge on any atom is -0.497 e. The van der Waals surface area contributed by atoms with Gasteiger partial charge in [-0.25, -0.2) is 0 Å². The molecular formula is C15H13ClF3NO. The summed E-state index contributed by atoms with van der Waals surface area (Å²) in [7, 11) is 1.57. The van der Waals surface area contributed by atoms with Gasteiger partial charge in [-0.1, -0.05) is 23.7 Å². The van der Waals surface area contributed by atoms with Gasteiger partial charge < -0.3 is 10.1 Å². The quantitative estimate of drug-likeness (QED) is 0.859. The first-order valence-electron chi connectivity index (χ1n) is 6.13. The average molecular weight is 316 g/mol. The summed E-state index contributed by atoms with van der Waals surface area (Å²) in [4.78, 5) is 0. The summed E-state index contributed by atoms with van der Waals surface area (Å²) < 4.78 is 43.0. The van der Waals surface area contributed by atoms with Crippen LogP contribution in [-0.4, -0.2) is 7.11 Å². The summed E-state index contributed by atoms with van der Waals surface area (Å²) in [5.41, 5.74) is 0.427. The molecule has 112 valence electrons. The highest BCUT2D eigenvalue weighted by Gasteiger charge is 2.30. The van der Waals surface area contributed by atoms with Gasteiger partial charge in [0.1, 0.15) is 5.75 Å². The van der Waals surface area contributed by atoms with E-state index < -0.39 is 11.7 Å². The number of halogens is 4. The summed E-state index contributed by atoms with van der Waals surface area (Å²) in [6.45, 7) is 0.366. The first kappa shape index (κ1) is 15.5. The molecule has 21 heavy (non-hydrogen) atoms. The highest BCUT2D eigenvalue weighted by molar-refractivity contribution is 6.33. The van der Waals surface area contributed by atoms with Crippen molar-refractivity contribution in [3.05, 3.63) is 58.6 Å². The Morgan fingerprint density at radius 2 is 1.76 bits per heavy atom. The molecule has 0 aromatic heterocycles. The van der Waals surface area contributed by atoms with E-state index in [4.69, 9.17) is 16.3 Å². The smallest absolute Gasteiger partial charge is 0.416 e. The van der Waals surface area contributed by atoms with Gasteiger partial charge in [0, 0.05) is 6.54 Å². The second kappa shape index (κ2) is 6.26. The maximum atomic E-state index is 12.7. The van der Waals surface area contributed by atoms with E-state index in [9.17, 15) is 13.2 Å². The monoisotopic (exact) mass is 315 g/mol. The lowest BCUT2D eigenvalue weighted by Gasteiger charge is -2.12. The molecule has 2 nitrogen and oxygen atoms in total. The van der Waals surface area contributed by atoms with Crippen LogP contribution in [-0.2, 0) is 12.7 Å². The third-order valence-electron chi connectivity index (χ3n) is 2.94. The summed E-state index contributed by atoms with van der Waals surface area (Å²) in [6.07, 6.45) is -4.39. The van der Waals surface area contributed by atoms with Gasteiger partial charge in [-0.05, 0) is 35.9 Å². The average Bonchev–Trinajstić information content (AvgIpc) is 2.45. The van der Waals surface area contributed by atoms with Gasteiger partial charge in [-0.2, -0.15) is 13.2 Å². The zero-order valence-corrected chi connectivity index (χ0v) is 11.9. The Hall–Kier alpha value is -1.88. The Labute approximate surface area is 125 Å². The fraction of sp³-hybridized carbons (Fsp3) is 0.200. The lowest BCUT2D eigenvalue weighted by Crippen LogP contribution is -2.07. The number of hydrogen-bond donors (Lipinski definition) is 1. The van der Waals surface area contributed by atoms with E-state index in [0.717, 1.165) is 23.4 Å². The van der Waals surface area contributed by atoms with Crippen LogP contribution in [0.2, 0.25) is 5.02 Å². The molecule has 0 aliphatic rings. The highest BCUT2D eigenvalue weighted by Crippen LogP contribution is 2.34. The fourth-order valence-electron chi connectivity index (χ4n) is 1.78. The molecule has 0 aliphatic heterocycles. The van der Waals surface area contributed by atoms with Gasteiger partial charge in [-0.3, -0.25) is 0 Å². The van der Waals surface area contributed by atoms with E-state index >= 15 is 0 Å². The van der Waals surface area contributed by atoms with Crippen LogP contribution in [0.1, 0.15) is 11.1 Å². The van der Waals surface area contributed by atoms with E-state index in [2.05, 4.69) is 5.32 Å². The molecule has 1 N–H and O–H groups in total. The van der Waals surface area contributed by atoms with Crippen LogP contribution in [0.5, 0.6) is 5.75 Å². The van der Waals surface area contributed by atoms with Crippen molar-refractivity contribution >= 4 is 17.3 Å². The van der Waals surface area contributed by atoms with Crippen molar-refractivity contribution in [1.29, 1.82) is 0 Å². The summed E-state index contributed by atoms with van der Waals surface area (Å²) in [5.74, 6) is 0.718. The maximum Gasteiger partial charge on any atom is 0.416 e. The van der Waals surface area contributed by atoms with Crippen molar-refractivity contribution in [2.75, 3.05) is 12.4 Å². The lowest BCUT2D eigenvalue weighted by atomic mass is 10.1. The largest absolute Gasteiger partial charge is 0.497 e. The third-order valence-corrected chi connectivity index (χ3v) is 3.27. The van der Waals surface area contributed by atoms with Crippen molar-refractivity contribution in [1.82, 2.24) is 0 Å². The van der Waals surface area contributed by atoms with Gasteiger partial charge in [-0.15, -0.1) is 0 Å². The van der Waals surface area contributed by atoms with E-state index in [1.54, 1.807) is 19.2 Å². The third kappa shape index (κ3) is 4.04. The Balaban J connectivity index is 2.11. The molecule has 2 aromatic carbocycles. The topological polar surface area (TPSA) is 21.3 Å². The van der Waals surface area contributed by atoms with Crippen molar-refractivity contribution in [2.45, 2.75) is 12.7 Å². The summed E-state index contributed by atoms with van der Waals surface area (Å²) in [6, 6.07) is 10.4. The molecule has 0 atom stereocenters. The normalized spacial score (nSPS) is 11.3. The molecule has 0 radical (unpaired) electrons. The lowest BCUT2D eigenvalue weighted by molar-refractivity contribution is -0.137. The molecule has 2 aromatic rings. The van der Waals surface area contributed by atoms with E-state index in [-0.39, 0.29) is 10.7 Å². The second-order valence-electron chi connectivity index (χ2n) is 4.39. The second-order valence-corrected chi connectivity index (χ2v) is 4.80. The van der Waals surface area contributed by atoms with Crippen molar-refractivity contribution < 1.29 is 17.9 Å². The zero-order chi connectivity index (χ0) is 15.5. The summed E-state index contributed by atoms with van der Waals surface area (Å²) in [5, 5.41) is 3.15. The van der Waals surface area contributed by atoms with Gasteiger partial charge in [0.2, 0.25) is 0 Å². The Kier molecular flexibility index (Phi) is 4.63. The number of rotatable bonds is 4. The predicted molar refractivity (Wildman–Crippen MR) is 76.8 cm³/mol. The first-order chi connectivity index (χ1) is 9.90. The van der Waals surface area contributed by atoms with Crippen LogP contribution < -0.4 is 10.1 Å². The molecule has 0 bridgehead atoms. The van der Waals surface area contributed by atoms with Crippen LogP contribution in [0, 0.1) is 0 Å². The first-order valence-corrected chi connectivity index (χ1v) is 6.51. The van der Waals surface area contributed by atoms with Gasteiger partial charge in [0.05, 0.1) is 23.4 Å². The minimum atomic E-state index is -4.39. The van der Waals surface area contributed by atoms with E-state index in [1.807, 2.05) is 12.1 Å². The molecule has 0 aliphatic carbocycles. The Morgan fingerprint density at radius 3 is 2.33 bits per heavy atom. The fourth-order valence-corrected chi connectivity index (χ4v) is 1.96. The number of ether oxygens (including phenoxy) is 1. The SMILES string of the molecule is COc1ccc(CNc2cc(C(F)(F)F)ccc2Cl)cc1.